The molecule has 0 saturated carbocycles. The van der Waals surface area contributed by atoms with Crippen LogP contribution in [-0.4, -0.2) is 54.8 Å². The lowest BCUT2D eigenvalue weighted by atomic mass is 9.91. The lowest BCUT2D eigenvalue weighted by Gasteiger charge is -2.36. The maximum absolute atomic E-state index is 12.8. The monoisotopic (exact) mass is 603 g/mol. The van der Waals surface area contributed by atoms with E-state index in [1.807, 2.05) is 4.90 Å². The first-order chi connectivity index (χ1) is 19.3. The third kappa shape index (κ3) is 6.83. The Morgan fingerprint density at radius 1 is 1.07 bits per heavy atom. The van der Waals surface area contributed by atoms with Gasteiger partial charge in [-0.2, -0.15) is 0 Å². The number of sulfone groups is 1. The number of piperidine rings is 1. The van der Waals surface area contributed by atoms with E-state index in [4.69, 9.17) is 4.74 Å². The molecular formula is C25H25N5O9S2. The van der Waals surface area contributed by atoms with Crippen LogP contribution in [0.15, 0.2) is 57.8 Å². The van der Waals surface area contributed by atoms with E-state index in [0.717, 1.165) is 42.9 Å². The highest BCUT2D eigenvalue weighted by Gasteiger charge is 2.28. The molecule has 2 aromatic carbocycles. The fraction of sp³-hybridized carbons (Fsp3) is 0.320. The van der Waals surface area contributed by atoms with E-state index in [2.05, 4.69) is 24.1 Å². The summed E-state index contributed by atoms with van der Waals surface area (Å²) in [5.74, 6) is -1.04. The molecule has 1 aromatic heterocycles. The Kier molecular flexibility index (Phi) is 8.63. The minimum absolute atomic E-state index is 0.0866. The average molecular weight is 604 g/mol. The topological polar surface area (TPSA) is 192 Å². The summed E-state index contributed by atoms with van der Waals surface area (Å²) in [4.78, 5) is 51.8. The molecule has 1 N–H and O–H groups in total. The van der Waals surface area contributed by atoms with Crippen molar-refractivity contribution in [2.24, 2.45) is 11.8 Å². The van der Waals surface area contributed by atoms with Crippen LogP contribution in [0.5, 0.6) is 0 Å². The highest BCUT2D eigenvalue weighted by molar-refractivity contribution is 7.93. The Labute approximate surface area is 238 Å². The van der Waals surface area contributed by atoms with Gasteiger partial charge in [-0.05, 0) is 42.5 Å². The minimum Gasteiger partial charge on any atom is -0.452 e. The van der Waals surface area contributed by atoms with E-state index in [-0.39, 0.29) is 31.2 Å². The van der Waals surface area contributed by atoms with E-state index in [1.165, 1.54) is 12.1 Å². The largest absolute Gasteiger partial charge is 0.452 e. The van der Waals surface area contributed by atoms with Crippen molar-refractivity contribution in [3.05, 3.63) is 74.5 Å². The number of esters is 1. The number of hydrogen-bond donors (Lipinski definition) is 1. The number of anilines is 2. The molecule has 3 aromatic rings. The predicted octanol–water partition coefficient (Wildman–Crippen LogP) is 4.07. The minimum atomic E-state index is -4.05. The first-order valence-corrected chi connectivity index (χ1v) is 14.6. The Hall–Kier alpha value is -4.44. The molecule has 2 unspecified atom stereocenters. The number of ether oxygens (including phenoxy) is 1. The number of benzene rings is 2. The van der Waals surface area contributed by atoms with E-state index in [1.54, 1.807) is 0 Å². The molecule has 16 heteroatoms. The zero-order valence-corrected chi connectivity index (χ0v) is 23.5. The number of nitro groups is 2. The summed E-state index contributed by atoms with van der Waals surface area (Å²) >= 11 is 0.640. The van der Waals surface area contributed by atoms with Crippen LogP contribution < -0.4 is 10.2 Å². The van der Waals surface area contributed by atoms with Crippen molar-refractivity contribution in [2.45, 2.75) is 29.4 Å². The van der Waals surface area contributed by atoms with Gasteiger partial charge in [0.1, 0.15) is 9.90 Å². The average Bonchev–Trinajstić information content (AvgIpc) is 3.40. The molecule has 1 amide bonds. The fourth-order valence-electron chi connectivity index (χ4n) is 4.60. The van der Waals surface area contributed by atoms with Crippen molar-refractivity contribution in [2.75, 3.05) is 29.9 Å². The van der Waals surface area contributed by atoms with Gasteiger partial charge >= 0.3 is 5.97 Å². The van der Waals surface area contributed by atoms with Crippen LogP contribution in [0.1, 0.15) is 30.6 Å². The van der Waals surface area contributed by atoms with E-state index >= 15 is 0 Å². The van der Waals surface area contributed by atoms with Gasteiger partial charge in [-0.15, -0.1) is 0 Å². The van der Waals surface area contributed by atoms with Crippen LogP contribution >= 0.6 is 11.3 Å². The predicted molar refractivity (Wildman–Crippen MR) is 148 cm³/mol. The second-order valence-corrected chi connectivity index (χ2v) is 12.9. The fourth-order valence-corrected chi connectivity index (χ4v) is 7.05. The number of nitrogens with zero attached hydrogens (tertiary/aromatic N) is 4. The molecule has 2 heterocycles. The van der Waals surface area contributed by atoms with Crippen molar-refractivity contribution >= 4 is 55.2 Å². The maximum atomic E-state index is 12.8. The Bertz CT molecular complexity index is 1600. The number of non-ortho nitro benzene ring substituents is 1. The molecule has 0 bridgehead atoms. The summed E-state index contributed by atoms with van der Waals surface area (Å²) in [5, 5.41) is 24.8. The van der Waals surface area contributed by atoms with Crippen molar-refractivity contribution < 1.29 is 32.6 Å². The number of hydrogen-bond acceptors (Lipinski definition) is 12. The first-order valence-electron chi connectivity index (χ1n) is 12.3. The Morgan fingerprint density at radius 2 is 1.73 bits per heavy atom. The summed E-state index contributed by atoms with van der Waals surface area (Å²) in [5.41, 5.74) is -0.203. The lowest BCUT2D eigenvalue weighted by molar-refractivity contribution is -0.384. The van der Waals surface area contributed by atoms with Crippen molar-refractivity contribution in [1.82, 2.24) is 4.98 Å². The van der Waals surface area contributed by atoms with Gasteiger partial charge in [0, 0.05) is 31.3 Å². The van der Waals surface area contributed by atoms with Crippen LogP contribution in [0, 0.1) is 32.1 Å². The van der Waals surface area contributed by atoms with Gasteiger partial charge in [0.05, 0.1) is 26.5 Å². The summed E-state index contributed by atoms with van der Waals surface area (Å²) in [7, 11) is -4.05. The van der Waals surface area contributed by atoms with Crippen LogP contribution in [0.2, 0.25) is 0 Å². The highest BCUT2D eigenvalue weighted by Crippen LogP contribution is 2.34. The van der Waals surface area contributed by atoms with Gasteiger partial charge < -0.3 is 9.64 Å². The highest BCUT2D eigenvalue weighted by atomic mass is 32.2. The number of nitro benzene ring substituents is 2. The third-order valence-electron chi connectivity index (χ3n) is 6.31. The van der Waals surface area contributed by atoms with Gasteiger partial charge in [0.25, 0.3) is 17.3 Å². The Morgan fingerprint density at radius 3 is 2.34 bits per heavy atom. The normalized spacial score (nSPS) is 17.1. The molecule has 4 rings (SSSR count). The molecule has 1 saturated heterocycles. The van der Waals surface area contributed by atoms with Crippen LogP contribution in [0.25, 0.3) is 0 Å². The van der Waals surface area contributed by atoms with Gasteiger partial charge in [0.2, 0.25) is 9.84 Å². The second kappa shape index (κ2) is 12.0. The van der Waals surface area contributed by atoms with E-state index in [9.17, 15) is 38.2 Å². The van der Waals surface area contributed by atoms with Crippen molar-refractivity contribution in [1.29, 1.82) is 0 Å². The smallest absolute Gasteiger partial charge is 0.338 e. The zero-order chi connectivity index (χ0) is 29.9. The molecule has 0 radical (unpaired) electrons. The molecule has 14 nitrogen and oxygen atoms in total. The van der Waals surface area contributed by atoms with Gasteiger partial charge in [-0.3, -0.25) is 30.3 Å². The molecule has 216 valence electrons. The Balaban J connectivity index is 1.38. The number of nitrogens with one attached hydrogen (secondary N) is 1. The quantitative estimate of drug-likeness (QED) is 0.211. The number of carbonyl (C=O) groups is 2. The summed E-state index contributed by atoms with van der Waals surface area (Å²) < 4.78 is 30.4. The molecule has 1 aliphatic heterocycles. The van der Waals surface area contributed by atoms with Crippen molar-refractivity contribution in [3.8, 4) is 0 Å². The number of thiazole rings is 1. The number of aromatic nitrogens is 1. The standard InChI is InChI=1S/C25H25N5O9S2/c1-15-9-16(2)13-28(12-15)20-8-3-17(10-21(20)30(35)36)24(32)39-14-22(31)27-25-26-11-23(40-25)41(37,38)19-6-4-18(5-7-19)29(33)34/h3-8,10-11,15-16H,9,12-14H2,1-2H3,(H,26,27,31). The van der Waals surface area contributed by atoms with Crippen LogP contribution in [-0.2, 0) is 19.4 Å². The molecule has 0 spiro atoms. The second-order valence-electron chi connectivity index (χ2n) is 9.67. The zero-order valence-electron chi connectivity index (χ0n) is 21.9. The van der Waals surface area contributed by atoms with Crippen molar-refractivity contribution in [3.63, 3.8) is 0 Å². The van der Waals surface area contributed by atoms with Gasteiger partial charge in [0.15, 0.2) is 11.7 Å². The molecule has 1 fully saturated rings. The summed E-state index contributed by atoms with van der Waals surface area (Å²) in [6.45, 7) is 4.72. The molecule has 2 atom stereocenters. The first kappa shape index (κ1) is 29.5. The molecular weight excluding hydrogens is 578 g/mol. The summed E-state index contributed by atoms with van der Waals surface area (Å²) in [6.07, 6.45) is 2.04. The van der Waals surface area contributed by atoms with E-state index < -0.39 is 38.2 Å². The third-order valence-corrected chi connectivity index (χ3v) is 9.45. The van der Waals surface area contributed by atoms with Crippen LogP contribution in [0.3, 0.4) is 0 Å². The molecule has 1 aliphatic rings. The van der Waals surface area contributed by atoms with Crippen LogP contribution in [0.4, 0.5) is 22.2 Å². The maximum Gasteiger partial charge on any atom is 0.338 e. The van der Waals surface area contributed by atoms with Gasteiger partial charge in [-0.1, -0.05) is 25.2 Å². The number of rotatable bonds is 9. The van der Waals surface area contributed by atoms with Gasteiger partial charge in [-0.25, -0.2) is 18.2 Å². The molecule has 41 heavy (non-hydrogen) atoms. The van der Waals surface area contributed by atoms with E-state index in [0.29, 0.717) is 41.9 Å². The SMILES string of the molecule is CC1CC(C)CN(c2ccc(C(=O)OCC(=O)Nc3ncc(S(=O)(=O)c4ccc([N+](=O)[O-])cc4)s3)cc2[N+](=O)[O-])C1. The molecule has 0 aliphatic carbocycles. The lowest BCUT2D eigenvalue weighted by Crippen LogP contribution is -2.39. The summed E-state index contributed by atoms with van der Waals surface area (Å²) in [6, 6.07) is 8.33. The number of amides is 1. The number of carbonyl (C=O) groups excluding carboxylic acids is 2.